The smallest absolute Gasteiger partial charge is 0.341 e. The summed E-state index contributed by atoms with van der Waals surface area (Å²) in [5, 5.41) is 8.87. The van der Waals surface area contributed by atoms with E-state index in [1.54, 1.807) is 6.07 Å². The minimum absolute atomic E-state index is 0.350. The van der Waals surface area contributed by atoms with Gasteiger partial charge < -0.3 is 14.7 Å². The second kappa shape index (κ2) is 9.89. The van der Waals surface area contributed by atoms with Gasteiger partial charge in [-0.3, -0.25) is 4.90 Å². The summed E-state index contributed by atoms with van der Waals surface area (Å²) in [5.74, 6) is 0.588. The number of carboxylic acid groups (broad SMARTS) is 1. The first kappa shape index (κ1) is 20.6. The van der Waals surface area contributed by atoms with Gasteiger partial charge in [0.1, 0.15) is 11.6 Å². The molecule has 0 atom stereocenters. The number of pyridine rings is 1. The Balaban J connectivity index is 1.71. The molecule has 6 nitrogen and oxygen atoms in total. The van der Waals surface area contributed by atoms with E-state index in [4.69, 9.17) is 9.84 Å². The molecule has 29 heavy (non-hydrogen) atoms. The van der Waals surface area contributed by atoms with Crippen LogP contribution < -0.4 is 9.64 Å². The fourth-order valence-electron chi connectivity index (χ4n) is 3.46. The van der Waals surface area contributed by atoms with E-state index in [1.807, 2.05) is 55.6 Å². The van der Waals surface area contributed by atoms with E-state index >= 15 is 0 Å². The van der Waals surface area contributed by atoms with E-state index in [0.29, 0.717) is 5.75 Å². The molecule has 2 heterocycles. The largest absolute Gasteiger partial charge is 0.482 e. The number of nitrogens with zero attached hydrogens (tertiary/aromatic N) is 3. The fraction of sp³-hybridized carbons (Fsp3) is 0.304. The van der Waals surface area contributed by atoms with Crippen molar-refractivity contribution in [3.63, 3.8) is 0 Å². The average molecular weight is 393 g/mol. The van der Waals surface area contributed by atoms with E-state index in [-0.39, 0.29) is 6.61 Å². The van der Waals surface area contributed by atoms with Gasteiger partial charge in [0.15, 0.2) is 6.61 Å². The maximum atomic E-state index is 10.8. The Morgan fingerprint density at radius 3 is 2.69 bits per heavy atom. The number of anilines is 1. The van der Waals surface area contributed by atoms with E-state index in [2.05, 4.69) is 21.4 Å². The third-order valence-electron chi connectivity index (χ3n) is 4.89. The van der Waals surface area contributed by atoms with E-state index < -0.39 is 5.97 Å². The topological polar surface area (TPSA) is 65.9 Å². The number of allylic oxidation sites excluding steroid dienone is 3. The Bertz CT molecular complexity index is 872. The first-order valence-corrected chi connectivity index (χ1v) is 9.74. The number of piperazine rings is 1. The predicted molar refractivity (Wildman–Crippen MR) is 115 cm³/mol. The molecule has 2 aromatic rings. The molecule has 0 radical (unpaired) electrons. The highest BCUT2D eigenvalue weighted by Crippen LogP contribution is 2.26. The summed E-state index contributed by atoms with van der Waals surface area (Å²) in [5.41, 5.74) is 3.07. The van der Waals surface area contributed by atoms with Crippen LogP contribution in [-0.4, -0.2) is 53.7 Å². The highest BCUT2D eigenvalue weighted by molar-refractivity contribution is 5.74. The first-order valence-electron chi connectivity index (χ1n) is 9.74. The molecule has 0 amide bonds. The molecule has 1 fully saturated rings. The minimum Gasteiger partial charge on any atom is -0.482 e. The van der Waals surface area contributed by atoms with Gasteiger partial charge in [-0.05, 0) is 47.9 Å². The second-order valence-electron chi connectivity index (χ2n) is 6.98. The molecular formula is C23H27N3O3. The molecule has 1 aromatic heterocycles. The van der Waals surface area contributed by atoms with Crippen LogP contribution in [0.4, 0.5) is 5.82 Å². The number of carboxylic acids is 1. The Morgan fingerprint density at radius 2 is 2.03 bits per heavy atom. The Hall–Kier alpha value is -3.12. The number of aliphatic carboxylic acids is 1. The number of hydrogen-bond acceptors (Lipinski definition) is 5. The zero-order chi connectivity index (χ0) is 20.6. The van der Waals surface area contributed by atoms with Crippen LogP contribution in [0.5, 0.6) is 5.75 Å². The van der Waals surface area contributed by atoms with Crippen LogP contribution in [0.2, 0.25) is 0 Å². The number of ether oxygens (including phenoxy) is 1. The van der Waals surface area contributed by atoms with Gasteiger partial charge >= 0.3 is 5.97 Å². The maximum absolute atomic E-state index is 10.8. The van der Waals surface area contributed by atoms with Crippen LogP contribution in [0.1, 0.15) is 18.1 Å². The second-order valence-corrected chi connectivity index (χ2v) is 6.98. The van der Waals surface area contributed by atoms with E-state index in [1.165, 1.54) is 0 Å². The first-order chi connectivity index (χ1) is 14.1. The van der Waals surface area contributed by atoms with Gasteiger partial charge in [0.05, 0.1) is 0 Å². The third kappa shape index (κ3) is 5.68. The van der Waals surface area contributed by atoms with Crippen LogP contribution in [0.25, 0.3) is 5.57 Å². The molecule has 0 spiro atoms. The zero-order valence-corrected chi connectivity index (χ0v) is 16.8. The van der Waals surface area contributed by atoms with Crippen molar-refractivity contribution in [2.75, 3.05) is 37.7 Å². The van der Waals surface area contributed by atoms with Crippen LogP contribution in [0.3, 0.4) is 0 Å². The number of carbonyl (C=O) groups is 1. The predicted octanol–water partition coefficient (Wildman–Crippen LogP) is 3.46. The number of aromatic nitrogens is 1. The Morgan fingerprint density at radius 1 is 1.24 bits per heavy atom. The maximum Gasteiger partial charge on any atom is 0.341 e. The molecule has 0 aliphatic carbocycles. The van der Waals surface area contributed by atoms with Gasteiger partial charge in [-0.15, -0.1) is 0 Å². The van der Waals surface area contributed by atoms with Crippen LogP contribution in [-0.2, 0) is 11.3 Å². The lowest BCUT2D eigenvalue weighted by atomic mass is 9.99. The van der Waals surface area contributed by atoms with Gasteiger partial charge in [-0.1, -0.05) is 30.9 Å². The molecule has 0 saturated carbocycles. The lowest BCUT2D eigenvalue weighted by Gasteiger charge is -2.35. The van der Waals surface area contributed by atoms with E-state index in [9.17, 15) is 4.79 Å². The SMILES string of the molecule is C=C(/C=C\C)c1ccc(OCC(=O)O)cc1CN1CCN(c2ccccn2)CC1. The van der Waals surface area contributed by atoms with Crippen molar-refractivity contribution in [2.24, 2.45) is 0 Å². The van der Waals surface area contributed by atoms with Crippen molar-refractivity contribution in [1.82, 2.24) is 9.88 Å². The summed E-state index contributed by atoms with van der Waals surface area (Å²) in [4.78, 5) is 19.9. The average Bonchev–Trinajstić information content (AvgIpc) is 2.74. The van der Waals surface area contributed by atoms with Crippen molar-refractivity contribution < 1.29 is 14.6 Å². The lowest BCUT2D eigenvalue weighted by molar-refractivity contribution is -0.139. The van der Waals surface area contributed by atoms with Gasteiger partial charge in [0, 0.05) is 38.9 Å². The fourth-order valence-corrected chi connectivity index (χ4v) is 3.46. The molecule has 0 unspecified atom stereocenters. The van der Waals surface area contributed by atoms with Gasteiger partial charge in [-0.2, -0.15) is 0 Å². The van der Waals surface area contributed by atoms with E-state index in [0.717, 1.165) is 55.2 Å². The standard InChI is InChI=1S/C23H27N3O3/c1-3-6-18(2)21-9-8-20(29-17-23(27)28)15-19(21)16-25-11-13-26(14-12-25)22-7-4-5-10-24-22/h3-10,15H,2,11-14,16-17H2,1H3,(H,27,28)/b6-3-. The Kier molecular flexibility index (Phi) is 7.03. The van der Waals surface area contributed by atoms with Crippen molar-refractivity contribution in [3.8, 4) is 5.75 Å². The molecule has 1 aromatic carbocycles. The summed E-state index contributed by atoms with van der Waals surface area (Å²) in [7, 11) is 0. The molecule has 1 aliphatic rings. The molecule has 152 valence electrons. The molecule has 6 heteroatoms. The molecule has 0 bridgehead atoms. The minimum atomic E-state index is -0.986. The molecule has 3 rings (SSSR count). The van der Waals surface area contributed by atoms with Gasteiger partial charge in [-0.25, -0.2) is 9.78 Å². The summed E-state index contributed by atoms with van der Waals surface area (Å²) in [6.45, 7) is 10.2. The van der Waals surface area contributed by atoms with Gasteiger partial charge in [0.25, 0.3) is 0 Å². The van der Waals surface area contributed by atoms with Crippen molar-refractivity contribution in [1.29, 1.82) is 0 Å². The quantitative estimate of drug-likeness (QED) is 0.693. The molecule has 1 N–H and O–H groups in total. The monoisotopic (exact) mass is 393 g/mol. The van der Waals surface area contributed by atoms with Crippen LogP contribution in [0.15, 0.2) is 61.3 Å². The Labute approximate surface area is 171 Å². The van der Waals surface area contributed by atoms with Crippen LogP contribution in [0, 0.1) is 0 Å². The number of benzene rings is 1. The molecule has 1 saturated heterocycles. The third-order valence-corrected chi connectivity index (χ3v) is 4.89. The summed E-state index contributed by atoms with van der Waals surface area (Å²) < 4.78 is 5.38. The highest BCUT2D eigenvalue weighted by atomic mass is 16.5. The van der Waals surface area contributed by atoms with Crippen molar-refractivity contribution >= 4 is 17.4 Å². The zero-order valence-electron chi connectivity index (χ0n) is 16.8. The van der Waals surface area contributed by atoms with Crippen molar-refractivity contribution in [2.45, 2.75) is 13.5 Å². The molecular weight excluding hydrogens is 366 g/mol. The van der Waals surface area contributed by atoms with Crippen LogP contribution >= 0.6 is 0 Å². The lowest BCUT2D eigenvalue weighted by Crippen LogP contribution is -2.46. The van der Waals surface area contributed by atoms with Crippen molar-refractivity contribution in [3.05, 3.63) is 72.5 Å². The van der Waals surface area contributed by atoms with Gasteiger partial charge in [0.2, 0.25) is 0 Å². The normalized spacial score (nSPS) is 14.9. The summed E-state index contributed by atoms with van der Waals surface area (Å²) >= 11 is 0. The number of hydrogen-bond donors (Lipinski definition) is 1. The summed E-state index contributed by atoms with van der Waals surface area (Å²) in [6.07, 6.45) is 5.77. The molecule has 1 aliphatic heterocycles. The summed E-state index contributed by atoms with van der Waals surface area (Å²) in [6, 6.07) is 11.7. The number of rotatable bonds is 8. The highest BCUT2D eigenvalue weighted by Gasteiger charge is 2.19.